The van der Waals surface area contributed by atoms with Crippen molar-refractivity contribution in [2.24, 2.45) is 0 Å². The zero-order valence-corrected chi connectivity index (χ0v) is 79.4. The Morgan fingerprint density at radius 2 is 0.553 bits per heavy atom. The molecule has 41 N–H and O–H groups in total. The number of carboxylic acids is 5. The number of hydrogen-bond donors (Lipinski definition) is 41. The van der Waals surface area contributed by atoms with Gasteiger partial charge in [0.05, 0.1) is 120 Å². The lowest BCUT2D eigenvalue weighted by Crippen LogP contribution is -2.73. The van der Waals surface area contributed by atoms with E-state index in [1.807, 2.05) is 10.6 Å². The molecule has 0 spiro atoms. The Balaban J connectivity index is 1.09. The fraction of sp³-hybridized carbons (Fsp3) is 0.864. The summed E-state index contributed by atoms with van der Waals surface area (Å²) in [5, 5.41) is 406. The SMILES string of the molecule is CC(=O)N[C@H]1[C@H](O[C@@H]2[C@H](O[C@]3(C(=O)O)C[C@H](O)[C@@H](NC(C)=O)[C@H]([C@H](O)[C@@H](CO)O[C@]4(C(=O)O)C[C@H](O)[C@@H](NC(=O)CO)[C@H]([C@H](O)[C@@H](CO)O[C@]5(C(=O)O)C[C@H](O)[C@@H](NC(C)=O)[C@H]([C@H](O)[C@H](O)CO)O5)O4)O3)[C@@H](O)[C@H](O[C@H]3[C@H](O)[C@@H](O)[C@H](O)O[C@@H]3CO)O[C@@H]2CO)O[C@H](CO)[C@H](O)[C@@H]1O[C@@H]1O[C@H](CO)[C@H](O)[C@H](O[C@]2(C(=O)O)C[C@H](O)[C@@H](NC(C)=O)[C@H]([C@H](O)[C@@H](CO)O[C@]3(C(=O)O)C[C@H](O)[C@@H](NC(=O)CO)[C@H]([C@H](O)[C@H](O)CO)O3)O2)[C@H]1O. The lowest BCUT2D eigenvalue weighted by atomic mass is 9.86. The summed E-state index contributed by atoms with van der Waals surface area (Å²) >= 11 is 0. The summed E-state index contributed by atoms with van der Waals surface area (Å²) < 4.78 is 99.1. The molecule has 9 saturated heterocycles. The average Bonchev–Trinajstić information content (AvgIpc) is 0.746. The van der Waals surface area contributed by atoms with Crippen LogP contribution in [0, 0.1) is 0 Å². The molecule has 6 amide bonds. The number of rotatable bonds is 48. The van der Waals surface area contributed by atoms with E-state index in [2.05, 4.69) is 21.3 Å². The largest absolute Gasteiger partial charge is 0.477 e. The molecule has 0 bridgehead atoms. The van der Waals surface area contributed by atoms with Gasteiger partial charge in [0.25, 0.3) is 28.9 Å². The number of amides is 6. The third-order valence-electron chi connectivity index (χ3n) is 26.3. The van der Waals surface area contributed by atoms with Crippen LogP contribution in [0.4, 0.5) is 0 Å². The van der Waals surface area contributed by atoms with E-state index >= 15 is 0 Å². The van der Waals surface area contributed by atoms with Crippen molar-refractivity contribution in [2.75, 3.05) is 72.7 Å². The van der Waals surface area contributed by atoms with Gasteiger partial charge in [-0.1, -0.05) is 0 Å². The Kier molecular flexibility index (Phi) is 44.3. The van der Waals surface area contributed by atoms with Crippen molar-refractivity contribution in [1.82, 2.24) is 31.9 Å². The van der Waals surface area contributed by atoms with Gasteiger partial charge >= 0.3 is 29.8 Å². The van der Waals surface area contributed by atoms with Crippen molar-refractivity contribution >= 4 is 65.3 Å². The molecule has 0 radical (unpaired) electrons. The Morgan fingerprint density at radius 1 is 0.287 bits per heavy atom. The summed E-state index contributed by atoms with van der Waals surface area (Å²) in [5.41, 5.74) is 0. The van der Waals surface area contributed by atoms with Crippen LogP contribution in [0.25, 0.3) is 0 Å². The average molecular weight is 2200 g/mol. The van der Waals surface area contributed by atoms with Crippen molar-refractivity contribution in [3.63, 3.8) is 0 Å². The first-order valence-electron chi connectivity index (χ1n) is 46.1. The second kappa shape index (κ2) is 52.9. The molecule has 9 fully saturated rings. The first kappa shape index (κ1) is 126. The van der Waals surface area contributed by atoms with E-state index in [0.29, 0.717) is 13.8 Å². The van der Waals surface area contributed by atoms with Gasteiger partial charge in [-0.25, -0.2) is 24.0 Å². The molecular formula is C81H130N6O63. The lowest BCUT2D eigenvalue weighted by molar-refractivity contribution is -0.405. The number of carbonyl (C=O) groups excluding carboxylic acids is 6. The number of carboxylic acid groups (broad SMARTS) is 5. The predicted molar refractivity (Wildman–Crippen MR) is 455 cm³/mol. The van der Waals surface area contributed by atoms with E-state index < -0.39 is 474 Å². The van der Waals surface area contributed by atoms with E-state index in [9.17, 15) is 231 Å². The molecular weight excluding hydrogens is 2060 g/mol. The van der Waals surface area contributed by atoms with Gasteiger partial charge in [-0.3, -0.25) is 28.8 Å². The molecule has 0 aromatic carbocycles. The Hall–Kier alpha value is -7.71. The van der Waals surface area contributed by atoms with Crippen molar-refractivity contribution in [3.8, 4) is 0 Å². The van der Waals surface area contributed by atoms with E-state index in [1.165, 1.54) is 0 Å². The lowest BCUT2D eigenvalue weighted by Gasteiger charge is -2.53. The highest BCUT2D eigenvalue weighted by Gasteiger charge is 2.69. The van der Waals surface area contributed by atoms with Crippen LogP contribution in [0.2, 0.25) is 0 Å². The van der Waals surface area contributed by atoms with E-state index in [0.717, 1.165) is 13.8 Å². The Labute approximate surface area is 843 Å². The second-order valence-corrected chi connectivity index (χ2v) is 36.8. The third-order valence-corrected chi connectivity index (χ3v) is 26.3. The maximum absolute atomic E-state index is 14.6. The summed E-state index contributed by atoms with van der Waals surface area (Å²) in [6.45, 7) is -13.5. The summed E-state index contributed by atoms with van der Waals surface area (Å²) in [4.78, 5) is 147. The Bertz CT molecular complexity index is 4490. The minimum absolute atomic E-state index is 0.713. The van der Waals surface area contributed by atoms with Crippen LogP contribution in [0.1, 0.15) is 59.8 Å². The molecule has 9 aliphatic heterocycles. The standard InChI is InChI=1S/C81H130N6O63/c1-21(99)82-41-25(103)5-77(72(124)125,144-61(41)47(112)30(108)10-88)142-36(16-94)53(118)65-45(87-40(111)20-98)29(107)7-79(146-65,74(128)129)143-35(15-93)52(117)64-43(84-23(3)101)27(105)9-81(148-64,76(132)133)150-67-57(122)71(138-58-37(17-95)134-68(123)55(120)54(58)119)137-38(18-96)59(67)139-69-46(85-24(4)102)60(49(114)32(12-90)135-69)140-70-56(121)66(50(115)33(13-91)136-70)149-80(75(130)131)8-26(104)42(83-22(2)100)63(147-80)51(116)34(14-92)141-78(73(126)127)6-28(106)44(86-39(110)19-97)62(145-78)48(113)31(109)11-89/h25-38,41-71,88-98,103-109,112-123H,5-20H2,1-4H3,(H,82,99)(H,83,100)(H,84,101)(H,85,102)(H,86,110)(H,87,111)(H,124,125)(H,126,127)(H,128,129)(H,130,131)(H,132,133)/t25-,26-,27-,28-,29-,30+,31+,32+,33+,34+,35+,36+,37+,38+,41+,42+,43+,44+,45+,46+,47+,48+,49-,50-,51+,52+,53+,54+,55+,56+,57+,58+,59-,60+,61+,62+,63+,64+,65+,66-,67+,68+,69-,70-,71-,77+,78+,79+,80-,81-/m0/s1. The van der Waals surface area contributed by atoms with Gasteiger partial charge in [0.1, 0.15) is 202 Å². The Morgan fingerprint density at radius 3 is 0.867 bits per heavy atom. The number of aliphatic hydroxyl groups excluding tert-OH is 30. The normalized spacial score (nSPS) is 41.5. The topological polar surface area (TPSA) is 1120 Å². The van der Waals surface area contributed by atoms with Gasteiger partial charge in [-0.15, -0.1) is 0 Å². The van der Waals surface area contributed by atoms with Crippen molar-refractivity contribution in [3.05, 3.63) is 0 Å². The number of carbonyl (C=O) groups is 11. The predicted octanol–water partition coefficient (Wildman–Crippen LogP) is -25.8. The van der Waals surface area contributed by atoms with Crippen LogP contribution in [0.5, 0.6) is 0 Å². The first-order valence-corrected chi connectivity index (χ1v) is 46.1. The molecule has 69 nitrogen and oxygen atoms in total. The summed E-state index contributed by atoms with van der Waals surface area (Å²) in [6, 6.07) is -13.3. The van der Waals surface area contributed by atoms with Gasteiger partial charge in [0.15, 0.2) is 25.2 Å². The zero-order chi connectivity index (χ0) is 112. The van der Waals surface area contributed by atoms with Crippen LogP contribution < -0.4 is 31.9 Å². The minimum Gasteiger partial charge on any atom is -0.477 e. The fourth-order valence-electron chi connectivity index (χ4n) is 18.9. The number of ether oxygens (including phenoxy) is 17. The van der Waals surface area contributed by atoms with Gasteiger partial charge in [0.2, 0.25) is 35.4 Å². The first-order chi connectivity index (χ1) is 70.3. The van der Waals surface area contributed by atoms with E-state index in [-0.39, 0.29) is 0 Å². The summed E-state index contributed by atoms with van der Waals surface area (Å²) in [5.74, 6) is -38.3. The summed E-state index contributed by atoms with van der Waals surface area (Å²) in [7, 11) is 0. The van der Waals surface area contributed by atoms with Crippen LogP contribution in [-0.2, 0) is 133 Å². The number of hydrogen-bond acceptors (Lipinski definition) is 58. The quantitative estimate of drug-likeness (QED) is 0.0269. The molecule has 69 heteroatoms. The van der Waals surface area contributed by atoms with Crippen LogP contribution >= 0.6 is 0 Å². The molecule has 9 aliphatic rings. The van der Waals surface area contributed by atoms with Crippen LogP contribution in [0.15, 0.2) is 0 Å². The molecule has 0 aliphatic carbocycles. The smallest absolute Gasteiger partial charge is 0.364 e. The van der Waals surface area contributed by atoms with Gasteiger partial charge in [-0.2, -0.15) is 0 Å². The minimum atomic E-state index is -3.98. The van der Waals surface area contributed by atoms with Gasteiger partial charge in [-0.05, 0) is 0 Å². The van der Waals surface area contributed by atoms with Crippen molar-refractivity contribution in [2.45, 2.75) is 364 Å². The number of aliphatic hydroxyl groups is 30. The molecule has 0 aromatic rings. The third kappa shape index (κ3) is 27.4. The highest BCUT2D eigenvalue weighted by atomic mass is 16.8. The zero-order valence-electron chi connectivity index (χ0n) is 79.4. The maximum atomic E-state index is 14.6. The monoisotopic (exact) mass is 2190 g/mol. The molecule has 50 atom stereocenters. The number of aliphatic carboxylic acids is 5. The van der Waals surface area contributed by atoms with Gasteiger partial charge in [0, 0.05) is 59.8 Å². The van der Waals surface area contributed by atoms with Crippen molar-refractivity contribution < 1.29 is 312 Å². The molecule has 0 saturated carbocycles. The number of nitrogens with one attached hydrogen (secondary N) is 6. The van der Waals surface area contributed by atoms with E-state index in [1.54, 1.807) is 0 Å². The molecule has 150 heavy (non-hydrogen) atoms. The molecule has 9 rings (SSSR count). The molecule has 9 heterocycles. The highest BCUT2D eigenvalue weighted by Crippen LogP contribution is 2.47. The molecule has 0 aromatic heterocycles. The van der Waals surface area contributed by atoms with E-state index in [4.69, 9.17) is 80.5 Å². The fourth-order valence-corrected chi connectivity index (χ4v) is 18.9. The highest BCUT2D eigenvalue weighted by molar-refractivity contribution is 5.81. The van der Waals surface area contributed by atoms with Crippen molar-refractivity contribution in [1.29, 1.82) is 0 Å². The molecule has 0 unspecified atom stereocenters. The van der Waals surface area contributed by atoms with Crippen LogP contribution in [-0.4, -0.2) is 621 Å². The van der Waals surface area contributed by atoms with Crippen LogP contribution in [0.3, 0.4) is 0 Å². The maximum Gasteiger partial charge on any atom is 0.364 e. The molecule has 862 valence electrons. The van der Waals surface area contributed by atoms with Gasteiger partial charge < -0.3 is 291 Å². The summed E-state index contributed by atoms with van der Waals surface area (Å²) in [6.07, 6.45) is -109. The second-order valence-electron chi connectivity index (χ2n) is 36.8.